The van der Waals surface area contributed by atoms with Gasteiger partial charge in [0.05, 0.1) is 11.6 Å². The average molecular weight is 511 g/mol. The molecule has 36 heavy (non-hydrogen) atoms. The van der Waals surface area contributed by atoms with Crippen molar-refractivity contribution >= 4 is 34.6 Å². The van der Waals surface area contributed by atoms with Crippen LogP contribution in [0, 0.1) is 18.8 Å². The number of hydrogen-bond acceptors (Lipinski definition) is 9. The lowest BCUT2D eigenvalue weighted by atomic mass is 9.57. The van der Waals surface area contributed by atoms with Gasteiger partial charge >= 0.3 is 0 Å². The number of aryl methyl sites for hydroxylation is 1. The standard InChI is InChI=1S/C26H26N2O7S/c1-10-6-16(36-9-10)12-4-5-15(29)18-13(12)7-11-8-14-20(28(2)3)22(31)19(25(27)34)24(33)26(14,35)23(32)17(11)21(18)30/h4-6,9,11,14,20,29-30,33,35H,7-8H2,1-3H3,(H2,27,34)/t11?,14?,20-,26-/m0/s1. The lowest BCUT2D eigenvalue weighted by Crippen LogP contribution is -2.65. The minimum absolute atomic E-state index is 0.0598. The Morgan fingerprint density at radius 3 is 2.47 bits per heavy atom. The topological polar surface area (TPSA) is 161 Å². The number of primary amides is 1. The van der Waals surface area contributed by atoms with Crippen molar-refractivity contribution in [2.75, 3.05) is 14.1 Å². The highest BCUT2D eigenvalue weighted by Gasteiger charge is 2.64. The number of carbonyl (C=O) groups is 3. The van der Waals surface area contributed by atoms with Crippen LogP contribution in [0.15, 0.2) is 40.5 Å². The van der Waals surface area contributed by atoms with Crippen molar-refractivity contribution in [2.24, 2.45) is 17.6 Å². The second kappa shape index (κ2) is 8.02. The van der Waals surface area contributed by atoms with Crippen LogP contribution in [0.25, 0.3) is 16.2 Å². The number of likely N-dealkylation sites (N-methyl/N-ethyl adjacent to an activating group) is 1. The Morgan fingerprint density at radius 2 is 1.89 bits per heavy atom. The third-order valence-corrected chi connectivity index (χ3v) is 8.68. The number of phenolic OH excluding ortho intramolecular Hbond substituents is 1. The molecule has 2 unspecified atom stereocenters. The molecule has 0 radical (unpaired) electrons. The van der Waals surface area contributed by atoms with Gasteiger partial charge in [-0.25, -0.2) is 0 Å². The second-order valence-electron chi connectivity index (χ2n) is 9.94. The highest BCUT2D eigenvalue weighted by Crippen LogP contribution is 2.53. The van der Waals surface area contributed by atoms with Crippen LogP contribution in [0.1, 0.15) is 23.1 Å². The van der Waals surface area contributed by atoms with E-state index >= 15 is 0 Å². The molecule has 6 N–H and O–H groups in total. The average Bonchev–Trinajstić information content (AvgIpc) is 3.22. The number of ketones is 2. The summed E-state index contributed by atoms with van der Waals surface area (Å²) in [7, 11) is 3.14. The zero-order valence-corrected chi connectivity index (χ0v) is 20.7. The lowest BCUT2D eigenvalue weighted by Gasteiger charge is -2.50. The summed E-state index contributed by atoms with van der Waals surface area (Å²) < 4.78 is 0. The first-order chi connectivity index (χ1) is 16.9. The van der Waals surface area contributed by atoms with Gasteiger partial charge in [-0.1, -0.05) is 0 Å². The molecule has 1 aromatic heterocycles. The molecule has 0 aliphatic heterocycles. The molecule has 1 aromatic carbocycles. The maximum Gasteiger partial charge on any atom is 0.255 e. The fourth-order valence-corrected chi connectivity index (χ4v) is 7.00. The Morgan fingerprint density at radius 1 is 1.19 bits per heavy atom. The van der Waals surface area contributed by atoms with Crippen molar-refractivity contribution in [2.45, 2.75) is 31.4 Å². The molecule has 1 heterocycles. The van der Waals surface area contributed by atoms with Crippen LogP contribution in [-0.2, 0) is 20.8 Å². The van der Waals surface area contributed by atoms with Gasteiger partial charge in [-0.2, -0.15) is 0 Å². The van der Waals surface area contributed by atoms with Crippen molar-refractivity contribution in [1.29, 1.82) is 0 Å². The quantitative estimate of drug-likeness (QED) is 0.392. The normalized spacial score (nSPS) is 27.8. The predicted octanol–water partition coefficient (Wildman–Crippen LogP) is 2.00. The first kappa shape index (κ1) is 24.2. The molecule has 3 aliphatic rings. The lowest BCUT2D eigenvalue weighted by molar-refractivity contribution is -0.153. The van der Waals surface area contributed by atoms with Gasteiger partial charge in [-0.05, 0) is 80.0 Å². The molecule has 10 heteroatoms. The molecule has 9 nitrogen and oxygen atoms in total. The molecule has 0 bridgehead atoms. The predicted molar refractivity (Wildman–Crippen MR) is 132 cm³/mol. The largest absolute Gasteiger partial charge is 0.508 e. The minimum Gasteiger partial charge on any atom is -0.508 e. The van der Waals surface area contributed by atoms with Crippen LogP contribution in [0.2, 0.25) is 0 Å². The number of aliphatic hydroxyl groups excluding tert-OH is 2. The molecule has 1 saturated carbocycles. The summed E-state index contributed by atoms with van der Waals surface area (Å²) in [5.41, 5.74) is 4.34. The number of rotatable bonds is 3. The number of benzene rings is 1. The van der Waals surface area contributed by atoms with E-state index in [-0.39, 0.29) is 29.7 Å². The number of amides is 1. The molecule has 0 saturated heterocycles. The number of carbonyl (C=O) groups excluding carboxylic acids is 3. The molecule has 4 atom stereocenters. The van der Waals surface area contributed by atoms with E-state index in [1.165, 1.54) is 22.3 Å². The smallest absolute Gasteiger partial charge is 0.255 e. The van der Waals surface area contributed by atoms with Crippen LogP contribution < -0.4 is 5.73 Å². The first-order valence-corrected chi connectivity index (χ1v) is 12.3. The van der Waals surface area contributed by atoms with Crippen LogP contribution in [0.4, 0.5) is 0 Å². The summed E-state index contributed by atoms with van der Waals surface area (Å²) >= 11 is 1.52. The Labute approximate surface area is 210 Å². The fourth-order valence-electron chi connectivity index (χ4n) is 6.05. The zero-order chi connectivity index (χ0) is 26.3. The van der Waals surface area contributed by atoms with E-state index < -0.39 is 58.0 Å². The SMILES string of the molecule is Cc1csc(-c2ccc(O)c3c2CC2CC4[C@H](N(C)C)C(=O)C(C(N)=O)=C(O)[C@@]4(O)C(=O)C2=C3O)c1. The Balaban J connectivity index is 1.75. The van der Waals surface area contributed by atoms with E-state index in [2.05, 4.69) is 0 Å². The number of Topliss-reactive ketones (excluding diaryl/α,β-unsaturated/α-hetero) is 2. The van der Waals surface area contributed by atoms with E-state index in [4.69, 9.17) is 5.73 Å². The molecular formula is C26H26N2O7S. The summed E-state index contributed by atoms with van der Waals surface area (Å²) in [6.07, 6.45) is 0.319. The van der Waals surface area contributed by atoms with Gasteiger partial charge in [-0.3, -0.25) is 19.3 Å². The Kier molecular flexibility index (Phi) is 5.40. The van der Waals surface area contributed by atoms with E-state index in [0.29, 0.717) is 5.56 Å². The highest BCUT2D eigenvalue weighted by atomic mass is 32.1. The van der Waals surface area contributed by atoms with E-state index in [1.807, 2.05) is 18.4 Å². The molecule has 1 fully saturated rings. The number of hydrogen-bond donors (Lipinski definition) is 5. The maximum absolute atomic E-state index is 13.8. The summed E-state index contributed by atoms with van der Waals surface area (Å²) in [4.78, 5) is 41.5. The number of nitrogens with two attached hydrogens (primary N) is 1. The Hall–Kier alpha value is -3.47. The monoisotopic (exact) mass is 510 g/mol. The van der Waals surface area contributed by atoms with E-state index in [0.717, 1.165) is 16.0 Å². The van der Waals surface area contributed by atoms with Crippen LogP contribution in [-0.4, -0.2) is 68.5 Å². The van der Waals surface area contributed by atoms with Gasteiger partial charge in [0, 0.05) is 16.4 Å². The summed E-state index contributed by atoms with van der Waals surface area (Å²) in [5, 5.41) is 46.5. The Bertz CT molecular complexity index is 1420. The van der Waals surface area contributed by atoms with Gasteiger partial charge in [-0.15, -0.1) is 11.3 Å². The van der Waals surface area contributed by atoms with Crippen molar-refractivity contribution in [3.05, 3.63) is 57.2 Å². The molecule has 0 spiro atoms. The van der Waals surface area contributed by atoms with Crippen molar-refractivity contribution in [3.63, 3.8) is 0 Å². The van der Waals surface area contributed by atoms with E-state index in [9.17, 15) is 34.8 Å². The van der Waals surface area contributed by atoms with Crippen molar-refractivity contribution < 1.29 is 34.8 Å². The second-order valence-corrected chi connectivity index (χ2v) is 10.8. The fraction of sp³-hybridized carbons (Fsp3) is 0.346. The summed E-state index contributed by atoms with van der Waals surface area (Å²) in [5.74, 6) is -6.55. The van der Waals surface area contributed by atoms with Crippen LogP contribution >= 0.6 is 11.3 Å². The number of aliphatic hydroxyl groups is 3. The van der Waals surface area contributed by atoms with Crippen molar-refractivity contribution in [3.8, 4) is 16.2 Å². The molecule has 2 aromatic rings. The highest BCUT2D eigenvalue weighted by molar-refractivity contribution is 7.13. The van der Waals surface area contributed by atoms with Gasteiger partial charge in [0.25, 0.3) is 5.91 Å². The van der Waals surface area contributed by atoms with Crippen LogP contribution in [0.5, 0.6) is 5.75 Å². The molecule has 1 amide bonds. The summed E-state index contributed by atoms with van der Waals surface area (Å²) in [6.45, 7) is 1.96. The molecule has 3 aliphatic carbocycles. The van der Waals surface area contributed by atoms with Crippen LogP contribution in [0.3, 0.4) is 0 Å². The maximum atomic E-state index is 13.8. The summed E-state index contributed by atoms with van der Waals surface area (Å²) in [6, 6.07) is 4.09. The van der Waals surface area contributed by atoms with Gasteiger partial charge < -0.3 is 26.2 Å². The van der Waals surface area contributed by atoms with Crippen molar-refractivity contribution in [1.82, 2.24) is 4.90 Å². The van der Waals surface area contributed by atoms with Gasteiger partial charge in [0.1, 0.15) is 22.8 Å². The van der Waals surface area contributed by atoms with Gasteiger partial charge in [0.15, 0.2) is 11.4 Å². The first-order valence-electron chi connectivity index (χ1n) is 11.4. The number of phenols is 1. The number of fused-ring (bicyclic) bond motifs is 3. The van der Waals surface area contributed by atoms with Gasteiger partial charge in [0.2, 0.25) is 5.78 Å². The molecule has 188 valence electrons. The minimum atomic E-state index is -2.64. The van der Waals surface area contributed by atoms with E-state index in [1.54, 1.807) is 20.2 Å². The third-order valence-electron chi connectivity index (χ3n) is 7.60. The number of aromatic hydroxyl groups is 1. The third kappa shape index (κ3) is 3.11. The number of thiophene rings is 1. The molecule has 5 rings (SSSR count). The number of nitrogens with zero attached hydrogens (tertiary/aromatic N) is 1. The zero-order valence-electron chi connectivity index (χ0n) is 19.9. The molecular weight excluding hydrogens is 484 g/mol.